The summed E-state index contributed by atoms with van der Waals surface area (Å²) in [5, 5.41) is 35.4. The molecule has 0 saturated carbocycles. The molecule has 8 N–H and O–H groups in total. The molecule has 0 aromatic rings. The quantitative estimate of drug-likeness (QED) is 0.158. The van der Waals surface area contributed by atoms with Crippen LogP contribution >= 0.6 is 0 Å². The number of carbonyl (C=O) groups is 5. The number of aliphatic hydroxyl groups is 1. The number of hydrogen-bond acceptors (Lipinski definition) is 7. The molecule has 7 unspecified atom stereocenters. The van der Waals surface area contributed by atoms with Crippen LogP contribution in [-0.2, 0) is 24.0 Å². The SMILES string of the molecule is CCC(C)C(N)C(=O)NC(C(=O)NC(CCC(=O)O)C(=O)NC(C(=O)O)C(C)CC)C(C)O. The molecule has 0 spiro atoms. The van der Waals surface area contributed by atoms with Crippen LogP contribution in [0.25, 0.3) is 0 Å². The lowest BCUT2D eigenvalue weighted by molar-refractivity contribution is -0.144. The Bertz CT molecular complexity index is 700. The zero-order valence-corrected chi connectivity index (χ0v) is 19.8. The van der Waals surface area contributed by atoms with E-state index < -0.39 is 72.3 Å². The number of carboxylic acids is 2. The third-order valence-corrected chi connectivity index (χ3v) is 5.68. The summed E-state index contributed by atoms with van der Waals surface area (Å²) < 4.78 is 0. The third-order valence-electron chi connectivity index (χ3n) is 5.68. The van der Waals surface area contributed by atoms with Gasteiger partial charge < -0.3 is 37.0 Å². The van der Waals surface area contributed by atoms with Gasteiger partial charge in [0.25, 0.3) is 0 Å². The Kier molecular flexibility index (Phi) is 13.2. The minimum atomic E-state index is -1.46. The minimum absolute atomic E-state index is 0.190. The number of hydrogen-bond donors (Lipinski definition) is 7. The first-order valence-electron chi connectivity index (χ1n) is 11.1. The number of amides is 3. The summed E-state index contributed by atoms with van der Waals surface area (Å²) in [6.07, 6.45) is -1.10. The van der Waals surface area contributed by atoms with Crippen molar-refractivity contribution in [2.24, 2.45) is 17.6 Å². The summed E-state index contributed by atoms with van der Waals surface area (Å²) >= 11 is 0. The molecule has 3 amide bonds. The second kappa shape index (κ2) is 14.4. The van der Waals surface area contributed by atoms with Crippen molar-refractivity contribution >= 4 is 29.7 Å². The van der Waals surface area contributed by atoms with Crippen molar-refractivity contribution in [3.8, 4) is 0 Å². The average Bonchev–Trinajstić information content (AvgIpc) is 2.75. The van der Waals surface area contributed by atoms with E-state index in [-0.39, 0.29) is 12.3 Å². The van der Waals surface area contributed by atoms with E-state index in [2.05, 4.69) is 16.0 Å². The maximum Gasteiger partial charge on any atom is 0.326 e. The molecule has 0 saturated heterocycles. The predicted octanol–water partition coefficient (Wildman–Crippen LogP) is -0.809. The van der Waals surface area contributed by atoms with E-state index in [0.717, 1.165) is 0 Å². The average molecular weight is 475 g/mol. The molecule has 0 fully saturated rings. The van der Waals surface area contributed by atoms with Gasteiger partial charge in [0.1, 0.15) is 18.1 Å². The smallest absolute Gasteiger partial charge is 0.326 e. The van der Waals surface area contributed by atoms with Crippen LogP contribution < -0.4 is 21.7 Å². The maximum absolute atomic E-state index is 12.8. The van der Waals surface area contributed by atoms with Crippen molar-refractivity contribution in [2.45, 2.75) is 90.6 Å². The van der Waals surface area contributed by atoms with Gasteiger partial charge in [-0.25, -0.2) is 4.79 Å². The van der Waals surface area contributed by atoms with Gasteiger partial charge in [0.05, 0.1) is 12.1 Å². The Hall–Kier alpha value is -2.73. The second-order valence-electron chi connectivity index (χ2n) is 8.34. The van der Waals surface area contributed by atoms with Crippen molar-refractivity contribution in [3.63, 3.8) is 0 Å². The highest BCUT2D eigenvalue weighted by atomic mass is 16.4. The molecule has 0 aliphatic carbocycles. The lowest BCUT2D eigenvalue weighted by atomic mass is 9.98. The predicted molar refractivity (Wildman–Crippen MR) is 119 cm³/mol. The van der Waals surface area contributed by atoms with Gasteiger partial charge in [0.15, 0.2) is 0 Å². The Morgan fingerprint density at radius 3 is 1.73 bits per heavy atom. The first-order valence-corrected chi connectivity index (χ1v) is 11.1. The molecule has 0 rings (SSSR count). The summed E-state index contributed by atoms with van der Waals surface area (Å²) in [6, 6.07) is -5.03. The van der Waals surface area contributed by atoms with Crippen molar-refractivity contribution in [2.75, 3.05) is 0 Å². The van der Waals surface area contributed by atoms with E-state index in [1.807, 2.05) is 6.92 Å². The van der Waals surface area contributed by atoms with Gasteiger partial charge in [0.2, 0.25) is 17.7 Å². The van der Waals surface area contributed by atoms with Crippen LogP contribution in [0.3, 0.4) is 0 Å². The molecule has 0 aromatic carbocycles. The standard InChI is InChI=1S/C21H38N4O8/c1-6-10(3)15(22)19(30)25-17(12(5)26)20(31)23-13(8-9-14(27)28)18(29)24-16(21(32)33)11(4)7-2/h10-13,15-17,26H,6-9,22H2,1-5H3,(H,23,31)(H,24,29)(H,25,30)(H,27,28)(H,32,33). The zero-order chi connectivity index (χ0) is 25.9. The van der Waals surface area contributed by atoms with E-state index >= 15 is 0 Å². The topological polar surface area (TPSA) is 208 Å². The summed E-state index contributed by atoms with van der Waals surface area (Å²) in [7, 11) is 0. The largest absolute Gasteiger partial charge is 0.481 e. The van der Waals surface area contributed by atoms with Crippen LogP contribution in [0.5, 0.6) is 0 Å². The molecular formula is C21H38N4O8. The zero-order valence-electron chi connectivity index (χ0n) is 19.8. The second-order valence-corrected chi connectivity index (χ2v) is 8.34. The number of nitrogens with one attached hydrogen (secondary N) is 3. The van der Waals surface area contributed by atoms with Crippen molar-refractivity contribution < 1.29 is 39.3 Å². The third kappa shape index (κ3) is 10.2. The molecule has 0 aromatic heterocycles. The maximum atomic E-state index is 12.8. The van der Waals surface area contributed by atoms with E-state index in [1.54, 1.807) is 20.8 Å². The van der Waals surface area contributed by atoms with Crippen LogP contribution in [0.15, 0.2) is 0 Å². The fourth-order valence-corrected chi connectivity index (χ4v) is 2.90. The normalized spacial score (nSPS) is 17.4. The molecule has 33 heavy (non-hydrogen) atoms. The molecule has 12 heteroatoms. The van der Waals surface area contributed by atoms with Gasteiger partial charge in [-0.1, -0.05) is 40.5 Å². The number of aliphatic carboxylic acids is 2. The molecule has 0 bridgehead atoms. The van der Waals surface area contributed by atoms with Crippen LogP contribution in [0.2, 0.25) is 0 Å². The molecule has 0 heterocycles. The fraction of sp³-hybridized carbons (Fsp3) is 0.762. The number of carbonyl (C=O) groups excluding carboxylic acids is 3. The fourth-order valence-electron chi connectivity index (χ4n) is 2.90. The number of carboxylic acid groups (broad SMARTS) is 2. The van der Waals surface area contributed by atoms with E-state index in [9.17, 15) is 34.2 Å². The van der Waals surface area contributed by atoms with Gasteiger partial charge in [0, 0.05) is 6.42 Å². The molecule has 0 aliphatic heterocycles. The lowest BCUT2D eigenvalue weighted by Crippen LogP contribution is -2.60. The Morgan fingerprint density at radius 2 is 1.30 bits per heavy atom. The van der Waals surface area contributed by atoms with E-state index in [4.69, 9.17) is 10.8 Å². The Labute approximate surface area is 193 Å². The summed E-state index contributed by atoms with van der Waals surface area (Å²) in [5.41, 5.74) is 5.86. The van der Waals surface area contributed by atoms with Crippen LogP contribution in [0.1, 0.15) is 60.3 Å². The molecule has 190 valence electrons. The van der Waals surface area contributed by atoms with Gasteiger partial charge in [-0.05, 0) is 25.2 Å². The van der Waals surface area contributed by atoms with Gasteiger partial charge in [-0.3, -0.25) is 19.2 Å². The van der Waals surface area contributed by atoms with Gasteiger partial charge in [-0.2, -0.15) is 0 Å². The van der Waals surface area contributed by atoms with E-state index in [0.29, 0.717) is 12.8 Å². The first kappa shape index (κ1) is 30.3. The van der Waals surface area contributed by atoms with Crippen LogP contribution in [-0.4, -0.2) is 75.3 Å². The molecule has 0 aliphatic rings. The van der Waals surface area contributed by atoms with Gasteiger partial charge in [-0.15, -0.1) is 0 Å². The molecule has 0 radical (unpaired) electrons. The molecular weight excluding hydrogens is 436 g/mol. The van der Waals surface area contributed by atoms with Crippen LogP contribution in [0.4, 0.5) is 0 Å². The minimum Gasteiger partial charge on any atom is -0.481 e. The van der Waals surface area contributed by atoms with Gasteiger partial charge >= 0.3 is 11.9 Å². The van der Waals surface area contributed by atoms with Crippen molar-refractivity contribution in [1.82, 2.24) is 16.0 Å². The monoisotopic (exact) mass is 474 g/mol. The highest BCUT2D eigenvalue weighted by Gasteiger charge is 2.34. The van der Waals surface area contributed by atoms with Crippen molar-refractivity contribution in [1.29, 1.82) is 0 Å². The molecule has 12 nitrogen and oxygen atoms in total. The van der Waals surface area contributed by atoms with Crippen LogP contribution in [0, 0.1) is 11.8 Å². The van der Waals surface area contributed by atoms with E-state index in [1.165, 1.54) is 6.92 Å². The summed E-state index contributed by atoms with van der Waals surface area (Å²) in [4.78, 5) is 60.4. The summed E-state index contributed by atoms with van der Waals surface area (Å²) in [5.74, 6) is -5.59. The lowest BCUT2D eigenvalue weighted by Gasteiger charge is -2.28. The number of aliphatic hydroxyl groups excluding tert-OH is 1. The molecule has 7 atom stereocenters. The number of nitrogens with two attached hydrogens (primary N) is 1. The Morgan fingerprint density at radius 1 is 0.788 bits per heavy atom. The number of rotatable bonds is 15. The summed E-state index contributed by atoms with van der Waals surface area (Å²) in [6.45, 7) is 8.23. The first-order chi connectivity index (χ1) is 15.3. The highest BCUT2D eigenvalue weighted by Crippen LogP contribution is 2.10. The highest BCUT2D eigenvalue weighted by molar-refractivity contribution is 5.94. The van der Waals surface area contributed by atoms with Crippen molar-refractivity contribution in [3.05, 3.63) is 0 Å². The Balaban J connectivity index is 5.58.